The molecule has 15 heavy (non-hydrogen) atoms. The highest BCUT2D eigenvalue weighted by atomic mass is 16.7. The molecule has 2 heterocycles. The molecule has 4 nitrogen and oxygen atoms in total. The maximum Gasteiger partial charge on any atom is 0.231 e. The smallest absolute Gasteiger partial charge is 0.231 e. The van der Waals surface area contributed by atoms with Gasteiger partial charge in [-0.3, -0.25) is 4.79 Å². The van der Waals surface area contributed by atoms with Crippen molar-refractivity contribution in [2.75, 3.05) is 18.2 Å². The van der Waals surface area contributed by atoms with E-state index < -0.39 is 0 Å². The fraction of sp³-hybridized carbons (Fsp3) is 0.364. The monoisotopic (exact) mass is 205 g/mol. The van der Waals surface area contributed by atoms with Crippen LogP contribution in [-0.4, -0.2) is 19.2 Å². The molecule has 0 aliphatic carbocycles. The fourth-order valence-electron chi connectivity index (χ4n) is 1.97. The number of carbonyl (C=O) groups is 1. The van der Waals surface area contributed by atoms with Crippen LogP contribution in [0.2, 0.25) is 0 Å². The van der Waals surface area contributed by atoms with Crippen LogP contribution < -0.4 is 14.4 Å². The number of ether oxygens (including phenoxy) is 2. The lowest BCUT2D eigenvalue weighted by Crippen LogP contribution is -2.23. The third-order valence-corrected chi connectivity index (χ3v) is 2.74. The second kappa shape index (κ2) is 3.15. The predicted octanol–water partition coefficient (Wildman–Crippen LogP) is 1.54. The molecule has 0 atom stereocenters. The van der Waals surface area contributed by atoms with Crippen molar-refractivity contribution < 1.29 is 14.3 Å². The molecule has 4 heteroatoms. The van der Waals surface area contributed by atoms with Gasteiger partial charge in [0, 0.05) is 24.7 Å². The fourth-order valence-corrected chi connectivity index (χ4v) is 1.97. The zero-order valence-corrected chi connectivity index (χ0v) is 8.23. The number of nitrogens with zero attached hydrogens (tertiary/aromatic N) is 1. The summed E-state index contributed by atoms with van der Waals surface area (Å²) in [6.45, 7) is 1.07. The molecule has 1 amide bonds. The number of hydrogen-bond donors (Lipinski definition) is 0. The molecule has 0 spiro atoms. The number of amides is 1. The molecule has 0 bridgehead atoms. The summed E-state index contributed by atoms with van der Waals surface area (Å²) >= 11 is 0. The SMILES string of the molecule is O=C1CCCN1c1ccc2c(c1)OCO2. The number of fused-ring (bicyclic) bond motifs is 1. The third kappa shape index (κ3) is 1.33. The summed E-state index contributed by atoms with van der Waals surface area (Å²) < 4.78 is 10.5. The van der Waals surface area contributed by atoms with Crippen LogP contribution in [0.25, 0.3) is 0 Å². The molecule has 2 aliphatic rings. The molecular weight excluding hydrogens is 194 g/mol. The first kappa shape index (κ1) is 8.59. The van der Waals surface area contributed by atoms with Gasteiger partial charge in [0.15, 0.2) is 11.5 Å². The van der Waals surface area contributed by atoms with Crippen LogP contribution in [-0.2, 0) is 4.79 Å². The normalized spacial score (nSPS) is 18.7. The van der Waals surface area contributed by atoms with Crippen LogP contribution in [0.5, 0.6) is 11.5 Å². The Morgan fingerprint density at radius 3 is 2.87 bits per heavy atom. The van der Waals surface area contributed by atoms with E-state index in [4.69, 9.17) is 9.47 Å². The van der Waals surface area contributed by atoms with Crippen LogP contribution >= 0.6 is 0 Å². The number of hydrogen-bond acceptors (Lipinski definition) is 3. The second-order valence-corrected chi connectivity index (χ2v) is 3.69. The van der Waals surface area contributed by atoms with Gasteiger partial charge in [-0.25, -0.2) is 0 Å². The molecular formula is C11H11NO3. The number of rotatable bonds is 1. The summed E-state index contributed by atoms with van der Waals surface area (Å²) in [5.41, 5.74) is 0.904. The molecule has 1 fully saturated rings. The maximum absolute atomic E-state index is 11.5. The van der Waals surface area contributed by atoms with E-state index in [1.54, 1.807) is 4.90 Å². The Balaban J connectivity index is 1.95. The third-order valence-electron chi connectivity index (χ3n) is 2.74. The van der Waals surface area contributed by atoms with Crippen molar-refractivity contribution in [3.05, 3.63) is 18.2 Å². The first-order valence-electron chi connectivity index (χ1n) is 5.04. The van der Waals surface area contributed by atoms with Crippen molar-refractivity contribution >= 4 is 11.6 Å². The lowest BCUT2D eigenvalue weighted by Gasteiger charge is -2.15. The Bertz CT molecular complexity index is 416. The highest BCUT2D eigenvalue weighted by Gasteiger charge is 2.23. The molecule has 78 valence electrons. The molecule has 1 aromatic carbocycles. The van der Waals surface area contributed by atoms with Crippen molar-refractivity contribution in [3.8, 4) is 11.5 Å². The lowest BCUT2D eigenvalue weighted by molar-refractivity contribution is -0.117. The topological polar surface area (TPSA) is 38.8 Å². The minimum absolute atomic E-state index is 0.189. The van der Waals surface area contributed by atoms with E-state index >= 15 is 0 Å². The van der Waals surface area contributed by atoms with Gasteiger partial charge in [0.05, 0.1) is 0 Å². The molecule has 0 saturated carbocycles. The Labute approximate surface area is 87.4 Å². The van der Waals surface area contributed by atoms with E-state index in [-0.39, 0.29) is 12.7 Å². The zero-order valence-electron chi connectivity index (χ0n) is 8.23. The summed E-state index contributed by atoms with van der Waals surface area (Å²) in [6.07, 6.45) is 1.59. The van der Waals surface area contributed by atoms with Crippen molar-refractivity contribution in [1.29, 1.82) is 0 Å². The first-order valence-corrected chi connectivity index (χ1v) is 5.04. The summed E-state index contributed by atoms with van der Waals surface area (Å²) in [7, 11) is 0. The van der Waals surface area contributed by atoms with E-state index in [0.29, 0.717) is 6.42 Å². The van der Waals surface area contributed by atoms with Gasteiger partial charge in [0.2, 0.25) is 12.7 Å². The van der Waals surface area contributed by atoms with Crippen LogP contribution in [0.15, 0.2) is 18.2 Å². The van der Waals surface area contributed by atoms with Crippen molar-refractivity contribution in [3.63, 3.8) is 0 Å². The maximum atomic E-state index is 11.5. The highest BCUT2D eigenvalue weighted by molar-refractivity contribution is 5.95. The average molecular weight is 205 g/mol. The molecule has 0 N–H and O–H groups in total. The number of carbonyl (C=O) groups excluding carboxylic acids is 1. The van der Waals surface area contributed by atoms with Gasteiger partial charge in [0.1, 0.15) is 0 Å². The Hall–Kier alpha value is -1.71. The van der Waals surface area contributed by atoms with Gasteiger partial charge < -0.3 is 14.4 Å². The second-order valence-electron chi connectivity index (χ2n) is 3.69. The standard InChI is InChI=1S/C11H11NO3/c13-11-2-1-5-12(11)8-3-4-9-10(6-8)15-7-14-9/h3-4,6H,1-2,5,7H2. The Kier molecular flexibility index (Phi) is 1.80. The quantitative estimate of drug-likeness (QED) is 0.698. The summed E-state index contributed by atoms with van der Waals surface area (Å²) in [5, 5.41) is 0. The molecule has 2 aliphatic heterocycles. The summed E-state index contributed by atoms with van der Waals surface area (Å²) in [6, 6.07) is 5.62. The van der Waals surface area contributed by atoms with Crippen LogP contribution in [0.1, 0.15) is 12.8 Å². The lowest BCUT2D eigenvalue weighted by atomic mass is 10.2. The molecule has 0 aromatic heterocycles. The van der Waals surface area contributed by atoms with E-state index in [0.717, 1.165) is 30.2 Å². The molecule has 0 unspecified atom stereocenters. The van der Waals surface area contributed by atoms with Crippen LogP contribution in [0.4, 0.5) is 5.69 Å². The van der Waals surface area contributed by atoms with Crippen molar-refractivity contribution in [2.45, 2.75) is 12.8 Å². The summed E-state index contributed by atoms with van der Waals surface area (Å²) in [4.78, 5) is 13.3. The molecule has 1 saturated heterocycles. The molecule has 3 rings (SSSR count). The average Bonchev–Trinajstić information content (AvgIpc) is 2.84. The van der Waals surface area contributed by atoms with Gasteiger partial charge in [0.25, 0.3) is 0 Å². The van der Waals surface area contributed by atoms with Crippen molar-refractivity contribution in [1.82, 2.24) is 0 Å². The predicted molar refractivity (Wildman–Crippen MR) is 54.2 cm³/mol. The van der Waals surface area contributed by atoms with Gasteiger partial charge >= 0.3 is 0 Å². The van der Waals surface area contributed by atoms with Gasteiger partial charge in [-0.05, 0) is 18.6 Å². The van der Waals surface area contributed by atoms with Crippen LogP contribution in [0.3, 0.4) is 0 Å². The minimum Gasteiger partial charge on any atom is -0.454 e. The number of anilines is 1. The first-order chi connectivity index (χ1) is 7.34. The minimum atomic E-state index is 0.189. The number of benzene rings is 1. The van der Waals surface area contributed by atoms with E-state index in [9.17, 15) is 4.79 Å². The molecule has 1 aromatic rings. The van der Waals surface area contributed by atoms with E-state index in [1.165, 1.54) is 0 Å². The Morgan fingerprint density at radius 2 is 2.07 bits per heavy atom. The molecule has 0 radical (unpaired) electrons. The van der Waals surface area contributed by atoms with Gasteiger partial charge in [-0.15, -0.1) is 0 Å². The van der Waals surface area contributed by atoms with Crippen molar-refractivity contribution in [2.24, 2.45) is 0 Å². The highest BCUT2D eigenvalue weighted by Crippen LogP contribution is 2.36. The summed E-state index contributed by atoms with van der Waals surface area (Å²) in [5.74, 6) is 1.67. The Morgan fingerprint density at radius 1 is 1.20 bits per heavy atom. The van der Waals surface area contributed by atoms with E-state index in [2.05, 4.69) is 0 Å². The van der Waals surface area contributed by atoms with Gasteiger partial charge in [-0.1, -0.05) is 0 Å². The zero-order chi connectivity index (χ0) is 10.3. The van der Waals surface area contributed by atoms with Crippen LogP contribution in [0, 0.1) is 0 Å². The van der Waals surface area contributed by atoms with E-state index in [1.807, 2.05) is 18.2 Å². The largest absolute Gasteiger partial charge is 0.454 e. The van der Waals surface area contributed by atoms with Gasteiger partial charge in [-0.2, -0.15) is 0 Å².